The molecule has 0 saturated carbocycles. The fourth-order valence-corrected chi connectivity index (χ4v) is 1.80. The van der Waals surface area contributed by atoms with Gasteiger partial charge in [-0.3, -0.25) is 14.4 Å². The lowest BCUT2D eigenvalue weighted by atomic mass is 10.00. The highest BCUT2D eigenvalue weighted by atomic mass is 19.1. The summed E-state index contributed by atoms with van der Waals surface area (Å²) in [5.74, 6) is -2.27. The van der Waals surface area contributed by atoms with Crippen LogP contribution in [0.1, 0.15) is 20.8 Å². The van der Waals surface area contributed by atoms with Crippen molar-refractivity contribution in [1.82, 2.24) is 0 Å². The predicted octanol–water partition coefficient (Wildman–Crippen LogP) is -0.532. The molecule has 1 aliphatic heterocycles. The average Bonchev–Trinajstić information content (AvgIpc) is 2.35. The van der Waals surface area contributed by atoms with Gasteiger partial charge in [-0.25, -0.2) is 4.39 Å². The third-order valence-electron chi connectivity index (χ3n) is 2.64. The van der Waals surface area contributed by atoms with Gasteiger partial charge in [0, 0.05) is 20.8 Å². The molecule has 1 heterocycles. The Labute approximate surface area is 120 Å². The predicted molar refractivity (Wildman–Crippen MR) is 63.5 cm³/mol. The van der Waals surface area contributed by atoms with Gasteiger partial charge in [-0.05, 0) is 0 Å². The molecule has 1 aliphatic rings. The number of rotatable bonds is 4. The Bertz CT molecular complexity index is 412. The van der Waals surface area contributed by atoms with Crippen LogP contribution in [0.5, 0.6) is 0 Å². The monoisotopic (exact) mass is 308 g/mol. The van der Waals surface area contributed by atoms with Crippen LogP contribution in [0.2, 0.25) is 0 Å². The highest BCUT2D eigenvalue weighted by molar-refractivity contribution is 5.67. The number of carbonyl (C=O) groups is 3. The summed E-state index contributed by atoms with van der Waals surface area (Å²) in [6, 6.07) is 0. The zero-order chi connectivity index (χ0) is 16.2. The highest BCUT2D eigenvalue weighted by Crippen LogP contribution is 2.27. The molecule has 0 aromatic rings. The van der Waals surface area contributed by atoms with E-state index in [1.807, 2.05) is 0 Å². The Morgan fingerprint density at radius 1 is 1.10 bits per heavy atom. The Morgan fingerprint density at radius 2 is 1.67 bits per heavy atom. The maximum absolute atomic E-state index is 14.1. The normalized spacial score (nSPS) is 32.1. The van der Waals surface area contributed by atoms with Crippen LogP contribution in [-0.2, 0) is 33.3 Å². The standard InChI is InChI=1S/C12H17FO8/c1-5(14)18-4-8-10(17)11(19-6(2)15)9(13)12(21-8)20-7(3)16/h8-12,17H,4H2,1-3H3/t8-,9-,10-,11-,12-/m1/s1. The highest BCUT2D eigenvalue weighted by Gasteiger charge is 2.49. The van der Waals surface area contributed by atoms with Crippen molar-refractivity contribution >= 4 is 17.9 Å². The van der Waals surface area contributed by atoms with Crippen LogP contribution in [0, 0.1) is 0 Å². The number of aliphatic hydroxyl groups excluding tert-OH is 1. The van der Waals surface area contributed by atoms with Crippen LogP contribution in [0.25, 0.3) is 0 Å². The molecular weight excluding hydrogens is 291 g/mol. The van der Waals surface area contributed by atoms with E-state index in [9.17, 15) is 23.9 Å². The van der Waals surface area contributed by atoms with Gasteiger partial charge in [0.15, 0.2) is 6.10 Å². The number of hydrogen-bond donors (Lipinski definition) is 1. The third-order valence-corrected chi connectivity index (χ3v) is 2.64. The Balaban J connectivity index is 2.86. The lowest BCUT2D eigenvalue weighted by molar-refractivity contribution is -0.281. The summed E-state index contributed by atoms with van der Waals surface area (Å²) in [7, 11) is 0. The molecule has 1 fully saturated rings. The van der Waals surface area contributed by atoms with E-state index in [0.717, 1.165) is 20.8 Å². The number of esters is 3. The van der Waals surface area contributed by atoms with Crippen LogP contribution in [-0.4, -0.2) is 60.4 Å². The largest absolute Gasteiger partial charge is 0.463 e. The van der Waals surface area contributed by atoms with Gasteiger partial charge in [-0.1, -0.05) is 0 Å². The minimum Gasteiger partial charge on any atom is -0.463 e. The second-order valence-corrected chi connectivity index (χ2v) is 4.46. The summed E-state index contributed by atoms with van der Waals surface area (Å²) in [5.41, 5.74) is 0. The van der Waals surface area contributed by atoms with Crippen LogP contribution in [0.3, 0.4) is 0 Å². The van der Waals surface area contributed by atoms with Gasteiger partial charge in [-0.15, -0.1) is 0 Å². The fraction of sp³-hybridized carbons (Fsp3) is 0.750. The number of carbonyl (C=O) groups excluding carboxylic acids is 3. The molecule has 0 radical (unpaired) electrons. The molecule has 0 aromatic carbocycles. The smallest absolute Gasteiger partial charge is 0.305 e. The second kappa shape index (κ2) is 7.32. The number of ether oxygens (including phenoxy) is 4. The van der Waals surface area contributed by atoms with Crippen molar-refractivity contribution in [3.8, 4) is 0 Å². The van der Waals surface area contributed by atoms with E-state index in [1.165, 1.54) is 0 Å². The molecule has 0 bridgehead atoms. The van der Waals surface area contributed by atoms with E-state index < -0.39 is 55.3 Å². The Hall–Kier alpha value is -1.74. The van der Waals surface area contributed by atoms with Crippen molar-refractivity contribution in [2.24, 2.45) is 0 Å². The number of alkyl halides is 1. The fourth-order valence-electron chi connectivity index (χ4n) is 1.80. The quantitative estimate of drug-likeness (QED) is 0.545. The maximum Gasteiger partial charge on any atom is 0.305 e. The molecule has 1 N–H and O–H groups in total. The number of halogens is 1. The summed E-state index contributed by atoms with van der Waals surface area (Å²) in [5, 5.41) is 9.94. The van der Waals surface area contributed by atoms with Gasteiger partial charge in [0.2, 0.25) is 12.5 Å². The molecule has 21 heavy (non-hydrogen) atoms. The summed E-state index contributed by atoms with van der Waals surface area (Å²) in [6.07, 6.45) is -8.11. The van der Waals surface area contributed by atoms with Crippen molar-refractivity contribution in [3.63, 3.8) is 0 Å². The Morgan fingerprint density at radius 3 is 2.14 bits per heavy atom. The first kappa shape index (κ1) is 17.3. The maximum atomic E-state index is 14.1. The number of aliphatic hydroxyl groups is 1. The second-order valence-electron chi connectivity index (χ2n) is 4.46. The van der Waals surface area contributed by atoms with E-state index in [2.05, 4.69) is 14.2 Å². The molecule has 0 unspecified atom stereocenters. The molecule has 8 nitrogen and oxygen atoms in total. The molecule has 0 aliphatic carbocycles. The van der Waals surface area contributed by atoms with Crippen molar-refractivity contribution in [1.29, 1.82) is 0 Å². The van der Waals surface area contributed by atoms with E-state index in [0.29, 0.717) is 0 Å². The van der Waals surface area contributed by atoms with E-state index in [-0.39, 0.29) is 0 Å². The van der Waals surface area contributed by atoms with Gasteiger partial charge < -0.3 is 24.1 Å². The van der Waals surface area contributed by atoms with E-state index >= 15 is 0 Å². The molecule has 1 saturated heterocycles. The summed E-state index contributed by atoms with van der Waals surface area (Å²) >= 11 is 0. The van der Waals surface area contributed by atoms with Gasteiger partial charge in [-0.2, -0.15) is 0 Å². The molecule has 0 amide bonds. The molecule has 9 heteroatoms. The van der Waals surface area contributed by atoms with Crippen LogP contribution in [0.4, 0.5) is 4.39 Å². The zero-order valence-electron chi connectivity index (χ0n) is 11.8. The third kappa shape index (κ3) is 4.94. The van der Waals surface area contributed by atoms with E-state index in [4.69, 9.17) is 4.74 Å². The first-order valence-corrected chi connectivity index (χ1v) is 6.17. The lowest BCUT2D eigenvalue weighted by Gasteiger charge is -2.39. The van der Waals surface area contributed by atoms with Gasteiger partial charge >= 0.3 is 17.9 Å². The van der Waals surface area contributed by atoms with Crippen molar-refractivity contribution in [2.45, 2.75) is 51.5 Å². The molecule has 0 aromatic heterocycles. The first-order chi connectivity index (χ1) is 9.72. The van der Waals surface area contributed by atoms with Gasteiger partial charge in [0.05, 0.1) is 0 Å². The molecule has 5 atom stereocenters. The topological polar surface area (TPSA) is 108 Å². The van der Waals surface area contributed by atoms with Crippen LogP contribution < -0.4 is 0 Å². The minimum absolute atomic E-state index is 0.404. The van der Waals surface area contributed by atoms with Crippen LogP contribution in [0.15, 0.2) is 0 Å². The van der Waals surface area contributed by atoms with Gasteiger partial charge in [0.1, 0.15) is 18.8 Å². The van der Waals surface area contributed by atoms with Crippen molar-refractivity contribution in [3.05, 3.63) is 0 Å². The van der Waals surface area contributed by atoms with Crippen molar-refractivity contribution in [2.75, 3.05) is 6.61 Å². The minimum atomic E-state index is -2.07. The average molecular weight is 308 g/mol. The SMILES string of the molecule is CC(=O)OC[C@H]1O[C@@H](OC(C)=O)[C@H](F)[C@@H](OC(C)=O)[C@@H]1O. The van der Waals surface area contributed by atoms with Crippen molar-refractivity contribution < 1.29 is 42.8 Å². The first-order valence-electron chi connectivity index (χ1n) is 6.17. The van der Waals surface area contributed by atoms with Crippen LogP contribution >= 0.6 is 0 Å². The molecule has 0 spiro atoms. The summed E-state index contributed by atoms with van der Waals surface area (Å²) < 4.78 is 33.1. The summed E-state index contributed by atoms with van der Waals surface area (Å²) in [4.78, 5) is 32.7. The lowest BCUT2D eigenvalue weighted by Crippen LogP contribution is -2.59. The molecule has 120 valence electrons. The zero-order valence-corrected chi connectivity index (χ0v) is 11.8. The Kier molecular flexibility index (Phi) is 6.03. The van der Waals surface area contributed by atoms with Gasteiger partial charge in [0.25, 0.3) is 0 Å². The number of hydrogen-bond acceptors (Lipinski definition) is 8. The molecule has 1 rings (SSSR count). The van der Waals surface area contributed by atoms with E-state index in [1.54, 1.807) is 0 Å². The molecular formula is C12H17FO8. The summed E-state index contributed by atoms with van der Waals surface area (Å²) in [6.45, 7) is 2.82.